The van der Waals surface area contributed by atoms with Crippen molar-refractivity contribution < 1.29 is 26.4 Å². The smallest absolute Gasteiger partial charge is 0.321 e. The van der Waals surface area contributed by atoms with Crippen LogP contribution in [0.1, 0.15) is 29.2 Å². The van der Waals surface area contributed by atoms with Crippen LogP contribution in [0.5, 0.6) is 0 Å². The molecule has 1 aromatic carbocycles. The lowest BCUT2D eigenvalue weighted by molar-refractivity contribution is -0.121. The zero-order chi connectivity index (χ0) is 23.0. The second-order valence-corrected chi connectivity index (χ2v) is 10.2. The topological polar surface area (TPSA) is 93.1 Å². The molecule has 2 aromatic heterocycles. The molecule has 0 saturated carbocycles. The van der Waals surface area contributed by atoms with Gasteiger partial charge in [0.2, 0.25) is 10.0 Å². The third-order valence-electron chi connectivity index (χ3n) is 4.25. The Hall–Kier alpha value is -2.44. The Morgan fingerprint density at radius 1 is 1.23 bits per heavy atom. The van der Waals surface area contributed by atoms with Crippen LogP contribution >= 0.6 is 11.3 Å². The highest BCUT2D eigenvalue weighted by atomic mass is 32.2. The van der Waals surface area contributed by atoms with Gasteiger partial charge in [0.1, 0.15) is 11.4 Å². The lowest BCUT2D eigenvalue weighted by atomic mass is 10.2. The number of nitrogens with zero attached hydrogens (tertiary/aromatic N) is 2. The number of fused-ring (bicyclic) bond motifs is 1. The van der Waals surface area contributed by atoms with E-state index < -0.39 is 22.7 Å². The molecule has 1 amide bonds. The van der Waals surface area contributed by atoms with E-state index in [1.54, 1.807) is 6.07 Å². The predicted octanol–water partition coefficient (Wildman–Crippen LogP) is 4.16. The van der Waals surface area contributed by atoms with Crippen LogP contribution < -0.4 is 10.0 Å². The highest BCUT2D eigenvalue weighted by Crippen LogP contribution is 2.29. The minimum atomic E-state index is -4.66. The molecule has 0 bridgehead atoms. The van der Waals surface area contributed by atoms with E-state index in [4.69, 9.17) is 0 Å². The van der Waals surface area contributed by atoms with Gasteiger partial charge in [-0.05, 0) is 43.2 Å². The largest absolute Gasteiger partial charge is 0.402 e. The van der Waals surface area contributed by atoms with Gasteiger partial charge in [-0.3, -0.25) is 9.48 Å². The first-order valence-corrected chi connectivity index (χ1v) is 11.6. The van der Waals surface area contributed by atoms with Gasteiger partial charge in [-0.25, -0.2) is 13.1 Å². The lowest BCUT2D eigenvalue weighted by Crippen LogP contribution is -2.33. The Balaban J connectivity index is 1.74. The lowest BCUT2D eigenvalue weighted by Gasteiger charge is -2.10. The number of anilines is 1. The molecule has 0 unspecified atom stereocenters. The maximum Gasteiger partial charge on any atom is 0.402 e. The van der Waals surface area contributed by atoms with Gasteiger partial charge >= 0.3 is 6.18 Å². The zero-order valence-electron chi connectivity index (χ0n) is 16.9. The van der Waals surface area contributed by atoms with Crippen LogP contribution in [0.2, 0.25) is 0 Å². The zero-order valence-corrected chi connectivity index (χ0v) is 18.6. The van der Waals surface area contributed by atoms with Crippen LogP contribution in [-0.4, -0.2) is 36.8 Å². The van der Waals surface area contributed by atoms with Crippen molar-refractivity contribution in [2.45, 2.75) is 38.4 Å². The highest BCUT2D eigenvalue weighted by Gasteiger charge is 2.30. The second kappa shape index (κ2) is 8.60. The van der Waals surface area contributed by atoms with Crippen molar-refractivity contribution in [3.8, 4) is 0 Å². The van der Waals surface area contributed by atoms with E-state index in [0.717, 1.165) is 34.6 Å². The Labute approximate surface area is 181 Å². The van der Waals surface area contributed by atoms with Gasteiger partial charge in [0.25, 0.3) is 5.91 Å². The molecular weight excluding hydrogens is 453 g/mol. The number of benzene rings is 1. The van der Waals surface area contributed by atoms with E-state index in [1.165, 1.54) is 28.2 Å². The van der Waals surface area contributed by atoms with Crippen LogP contribution in [0.25, 0.3) is 10.2 Å². The summed E-state index contributed by atoms with van der Waals surface area (Å²) in [4.78, 5) is 13.7. The molecule has 0 atom stereocenters. The SMILES string of the molecule is Cc1nn(CC(C)C)c2sc(C(=O)Nc3ccc(S(=O)(=O)NCC(F)(F)F)cc3)cc12. The first-order valence-electron chi connectivity index (χ1n) is 9.30. The number of thiophene rings is 1. The summed E-state index contributed by atoms with van der Waals surface area (Å²) in [6, 6.07) is 6.65. The summed E-state index contributed by atoms with van der Waals surface area (Å²) >= 11 is 1.31. The molecule has 0 spiro atoms. The van der Waals surface area contributed by atoms with Crippen molar-refractivity contribution >= 4 is 43.2 Å². The summed E-state index contributed by atoms with van der Waals surface area (Å²) < 4.78 is 64.0. The second-order valence-electron chi connectivity index (χ2n) is 7.41. The third kappa shape index (κ3) is 5.63. The number of hydrogen-bond acceptors (Lipinski definition) is 5. The molecule has 0 radical (unpaired) electrons. The molecule has 0 fully saturated rings. The van der Waals surface area contributed by atoms with Crippen LogP contribution in [0.4, 0.5) is 18.9 Å². The summed E-state index contributed by atoms with van der Waals surface area (Å²) in [5, 5.41) is 8.07. The number of amides is 1. The van der Waals surface area contributed by atoms with E-state index in [0.29, 0.717) is 16.5 Å². The summed E-state index contributed by atoms with van der Waals surface area (Å²) in [5.74, 6) is 0.0183. The fourth-order valence-electron chi connectivity index (χ4n) is 2.86. The van der Waals surface area contributed by atoms with Crippen molar-refractivity contribution in [1.29, 1.82) is 0 Å². The van der Waals surface area contributed by atoms with Gasteiger partial charge in [-0.15, -0.1) is 11.3 Å². The van der Waals surface area contributed by atoms with Crippen molar-refractivity contribution in [3.05, 3.63) is 40.9 Å². The maximum absolute atomic E-state index is 12.6. The van der Waals surface area contributed by atoms with Crippen LogP contribution in [-0.2, 0) is 16.6 Å². The molecule has 7 nitrogen and oxygen atoms in total. The molecule has 0 saturated heterocycles. The van der Waals surface area contributed by atoms with Crippen LogP contribution in [0.15, 0.2) is 35.2 Å². The van der Waals surface area contributed by atoms with Crippen molar-refractivity contribution in [2.75, 3.05) is 11.9 Å². The summed E-state index contributed by atoms with van der Waals surface area (Å²) in [6.07, 6.45) is -4.66. The number of halogens is 3. The summed E-state index contributed by atoms with van der Waals surface area (Å²) in [7, 11) is -4.31. The molecule has 0 aliphatic heterocycles. The van der Waals surface area contributed by atoms with Gasteiger partial charge in [-0.1, -0.05) is 13.8 Å². The normalized spacial score (nSPS) is 12.6. The standard InChI is InChI=1S/C19H21F3N4O3S2/c1-11(2)9-26-18-15(12(3)25-26)8-16(30-18)17(27)24-13-4-6-14(7-5-13)31(28,29)23-10-19(20,21)22/h4-8,11,23H,9-10H2,1-3H3,(H,24,27). The third-order valence-corrected chi connectivity index (χ3v) is 6.82. The van der Waals surface area contributed by atoms with Gasteiger partial charge in [0.15, 0.2) is 0 Å². The van der Waals surface area contributed by atoms with Crippen molar-refractivity contribution in [3.63, 3.8) is 0 Å². The molecule has 0 aliphatic rings. The number of aromatic nitrogens is 2. The fraction of sp³-hybridized carbons (Fsp3) is 0.368. The van der Waals surface area contributed by atoms with Gasteiger partial charge in [0, 0.05) is 17.6 Å². The molecule has 168 valence electrons. The number of carbonyl (C=O) groups is 1. The molecule has 2 N–H and O–H groups in total. The summed E-state index contributed by atoms with van der Waals surface area (Å²) in [6.45, 7) is 5.09. The van der Waals surface area contributed by atoms with E-state index in [-0.39, 0.29) is 10.8 Å². The minimum absolute atomic E-state index is 0.317. The molecule has 31 heavy (non-hydrogen) atoms. The fourth-order valence-corrected chi connectivity index (χ4v) is 4.95. The Morgan fingerprint density at radius 3 is 2.45 bits per heavy atom. The predicted molar refractivity (Wildman–Crippen MR) is 113 cm³/mol. The molecule has 12 heteroatoms. The average molecular weight is 475 g/mol. The first kappa shape index (κ1) is 23.2. The quantitative estimate of drug-likeness (QED) is 0.538. The van der Waals surface area contributed by atoms with E-state index in [2.05, 4.69) is 24.3 Å². The van der Waals surface area contributed by atoms with Crippen molar-refractivity contribution in [2.24, 2.45) is 5.92 Å². The van der Waals surface area contributed by atoms with E-state index in [9.17, 15) is 26.4 Å². The van der Waals surface area contributed by atoms with Crippen LogP contribution in [0.3, 0.4) is 0 Å². The number of sulfonamides is 1. The average Bonchev–Trinajstić information content (AvgIpc) is 3.21. The number of aryl methyl sites for hydroxylation is 1. The molecule has 3 aromatic rings. The minimum Gasteiger partial charge on any atom is -0.321 e. The molecular formula is C19H21F3N4O3S2. The highest BCUT2D eigenvalue weighted by molar-refractivity contribution is 7.89. The number of hydrogen-bond donors (Lipinski definition) is 2. The Bertz CT molecular complexity index is 1200. The van der Waals surface area contributed by atoms with Gasteiger partial charge in [-0.2, -0.15) is 18.3 Å². The number of nitrogens with one attached hydrogen (secondary N) is 2. The van der Waals surface area contributed by atoms with E-state index in [1.807, 2.05) is 11.6 Å². The summed E-state index contributed by atoms with van der Waals surface area (Å²) in [5.41, 5.74) is 1.14. The van der Waals surface area contributed by atoms with Crippen molar-refractivity contribution in [1.82, 2.24) is 14.5 Å². The Kier molecular flexibility index (Phi) is 6.44. The number of carbonyl (C=O) groups excluding carboxylic acids is 1. The Morgan fingerprint density at radius 2 is 1.87 bits per heavy atom. The van der Waals surface area contributed by atoms with Crippen LogP contribution in [0, 0.1) is 12.8 Å². The monoisotopic (exact) mass is 474 g/mol. The van der Waals surface area contributed by atoms with Gasteiger partial charge in [0.05, 0.1) is 15.5 Å². The number of alkyl halides is 3. The first-order chi connectivity index (χ1) is 14.4. The van der Waals surface area contributed by atoms with Gasteiger partial charge < -0.3 is 5.32 Å². The van der Waals surface area contributed by atoms with E-state index >= 15 is 0 Å². The molecule has 0 aliphatic carbocycles. The molecule has 3 rings (SSSR count). The molecule has 2 heterocycles. The maximum atomic E-state index is 12.6. The number of rotatable bonds is 7.